The van der Waals surface area contributed by atoms with Crippen molar-refractivity contribution in [3.63, 3.8) is 0 Å². The summed E-state index contributed by atoms with van der Waals surface area (Å²) < 4.78 is 0. The Bertz CT molecular complexity index is 756. The van der Waals surface area contributed by atoms with Crippen LogP contribution < -0.4 is 5.32 Å². The maximum atomic E-state index is 12.3. The number of allylic oxidation sites excluding steroid dienone is 7. The Labute approximate surface area is 293 Å². The normalized spacial score (nSPS) is 13.5. The average molecular weight is 658 g/mol. The van der Waals surface area contributed by atoms with Crippen LogP contribution in [-0.2, 0) is 4.79 Å². The number of nitrogens with one attached hydrogen (secondary N) is 1. The van der Waals surface area contributed by atoms with Crippen molar-refractivity contribution in [1.82, 2.24) is 5.32 Å². The van der Waals surface area contributed by atoms with E-state index in [0.29, 0.717) is 6.42 Å². The number of rotatable bonds is 36. The first-order valence-electron chi connectivity index (χ1n) is 20.4. The summed E-state index contributed by atoms with van der Waals surface area (Å²) in [5.74, 6) is -0.0844. The van der Waals surface area contributed by atoms with Crippen LogP contribution in [-0.4, -0.2) is 34.9 Å². The van der Waals surface area contributed by atoms with Gasteiger partial charge >= 0.3 is 0 Å². The number of unbranched alkanes of at least 4 members (excludes halogenated alkanes) is 23. The molecule has 1 amide bonds. The standard InChI is InChI=1S/C43H79NO3/c1-3-5-7-9-11-13-15-17-18-19-20-21-22-23-24-25-27-29-31-33-35-37-39-43(47)44-41(40-45)42(46)38-36-34-32-30-28-26-16-14-12-10-8-6-4-2/h12,14,22-23,28,30,36,38,41-42,45-46H,3-11,13,15-21,24-27,29,31-35,37,39-40H2,1-2H3,(H,44,47)/b14-12+,23-22-,30-28+,38-36+. The predicted molar refractivity (Wildman–Crippen MR) is 207 cm³/mol. The molecule has 0 aromatic carbocycles. The Hall–Kier alpha value is -1.65. The first kappa shape index (κ1) is 45.3. The lowest BCUT2D eigenvalue weighted by molar-refractivity contribution is -0.123. The Morgan fingerprint density at radius 3 is 1.28 bits per heavy atom. The van der Waals surface area contributed by atoms with Gasteiger partial charge in [0, 0.05) is 6.42 Å². The van der Waals surface area contributed by atoms with Gasteiger partial charge in [-0.25, -0.2) is 0 Å². The monoisotopic (exact) mass is 658 g/mol. The minimum atomic E-state index is -0.870. The van der Waals surface area contributed by atoms with Crippen LogP contribution in [0.4, 0.5) is 0 Å². The van der Waals surface area contributed by atoms with E-state index < -0.39 is 12.1 Å². The molecule has 0 fully saturated rings. The van der Waals surface area contributed by atoms with Gasteiger partial charge in [-0.3, -0.25) is 4.79 Å². The van der Waals surface area contributed by atoms with Crippen LogP contribution in [0.5, 0.6) is 0 Å². The van der Waals surface area contributed by atoms with Crippen molar-refractivity contribution in [1.29, 1.82) is 0 Å². The largest absolute Gasteiger partial charge is 0.394 e. The maximum absolute atomic E-state index is 12.3. The van der Waals surface area contributed by atoms with Gasteiger partial charge in [-0.05, 0) is 70.6 Å². The van der Waals surface area contributed by atoms with Gasteiger partial charge in [0.2, 0.25) is 5.91 Å². The highest BCUT2D eigenvalue weighted by atomic mass is 16.3. The van der Waals surface area contributed by atoms with Crippen molar-refractivity contribution in [2.24, 2.45) is 0 Å². The molecule has 2 atom stereocenters. The van der Waals surface area contributed by atoms with E-state index >= 15 is 0 Å². The molecular formula is C43H79NO3. The molecule has 0 aliphatic rings. The maximum Gasteiger partial charge on any atom is 0.220 e. The third-order valence-electron chi connectivity index (χ3n) is 9.01. The molecule has 0 aromatic rings. The lowest BCUT2D eigenvalue weighted by Crippen LogP contribution is -2.45. The van der Waals surface area contributed by atoms with Gasteiger partial charge in [-0.2, -0.15) is 0 Å². The molecule has 0 radical (unpaired) electrons. The van der Waals surface area contributed by atoms with Gasteiger partial charge in [0.1, 0.15) is 0 Å². The van der Waals surface area contributed by atoms with E-state index in [2.05, 4.69) is 55.6 Å². The van der Waals surface area contributed by atoms with Gasteiger partial charge in [-0.1, -0.05) is 172 Å². The van der Waals surface area contributed by atoms with Crippen LogP contribution >= 0.6 is 0 Å². The lowest BCUT2D eigenvalue weighted by atomic mass is 10.0. The van der Waals surface area contributed by atoms with Crippen molar-refractivity contribution in [3.05, 3.63) is 48.6 Å². The first-order chi connectivity index (χ1) is 23.2. The van der Waals surface area contributed by atoms with E-state index in [1.807, 2.05) is 6.08 Å². The molecule has 47 heavy (non-hydrogen) atoms. The minimum Gasteiger partial charge on any atom is -0.394 e. The fourth-order valence-electron chi connectivity index (χ4n) is 5.85. The summed E-state index contributed by atoms with van der Waals surface area (Å²) in [6, 6.07) is -0.646. The SMILES string of the molecule is CCCCC/C=C/CC/C=C/CC/C=C/C(O)C(CO)NC(=O)CCCCCCCCC/C=C\CCCCCCCCCCCCC. The van der Waals surface area contributed by atoms with Crippen molar-refractivity contribution in [2.75, 3.05) is 6.61 Å². The van der Waals surface area contributed by atoms with Crippen LogP contribution in [0, 0.1) is 0 Å². The lowest BCUT2D eigenvalue weighted by Gasteiger charge is -2.19. The number of carbonyl (C=O) groups excluding carboxylic acids is 1. The van der Waals surface area contributed by atoms with Crippen LogP contribution in [0.1, 0.15) is 200 Å². The van der Waals surface area contributed by atoms with Crippen LogP contribution in [0.15, 0.2) is 48.6 Å². The van der Waals surface area contributed by atoms with Crippen molar-refractivity contribution in [3.8, 4) is 0 Å². The number of amides is 1. The molecule has 274 valence electrons. The van der Waals surface area contributed by atoms with Gasteiger partial charge in [0.25, 0.3) is 0 Å². The number of aliphatic hydroxyl groups excluding tert-OH is 2. The molecule has 4 heteroatoms. The summed E-state index contributed by atoms with van der Waals surface area (Å²) in [4.78, 5) is 12.3. The van der Waals surface area contributed by atoms with E-state index in [4.69, 9.17) is 0 Å². The topological polar surface area (TPSA) is 69.6 Å². The molecule has 0 heterocycles. The summed E-state index contributed by atoms with van der Waals surface area (Å²) in [6.07, 6.45) is 52.1. The van der Waals surface area contributed by atoms with Gasteiger partial charge in [0.15, 0.2) is 0 Å². The summed E-state index contributed by atoms with van der Waals surface area (Å²) >= 11 is 0. The highest BCUT2D eigenvalue weighted by Gasteiger charge is 2.17. The third kappa shape index (κ3) is 35.5. The van der Waals surface area contributed by atoms with E-state index in [9.17, 15) is 15.0 Å². The smallest absolute Gasteiger partial charge is 0.220 e. The van der Waals surface area contributed by atoms with E-state index in [1.54, 1.807) is 6.08 Å². The molecule has 0 saturated carbocycles. The second-order valence-electron chi connectivity index (χ2n) is 13.7. The fourth-order valence-corrected chi connectivity index (χ4v) is 5.85. The van der Waals surface area contributed by atoms with E-state index in [0.717, 1.165) is 38.5 Å². The summed E-state index contributed by atoms with van der Waals surface area (Å²) in [5.41, 5.74) is 0. The first-order valence-corrected chi connectivity index (χ1v) is 20.4. The molecule has 0 saturated heterocycles. The van der Waals surface area contributed by atoms with Crippen LogP contribution in [0.3, 0.4) is 0 Å². The van der Waals surface area contributed by atoms with Crippen molar-refractivity contribution < 1.29 is 15.0 Å². The van der Waals surface area contributed by atoms with Gasteiger partial charge < -0.3 is 15.5 Å². The van der Waals surface area contributed by atoms with E-state index in [1.165, 1.54) is 141 Å². The Balaban J connectivity index is 3.62. The molecule has 0 aliphatic carbocycles. The zero-order valence-corrected chi connectivity index (χ0v) is 31.3. The second kappa shape index (κ2) is 38.8. The van der Waals surface area contributed by atoms with Crippen LogP contribution in [0.25, 0.3) is 0 Å². The average Bonchev–Trinajstić information content (AvgIpc) is 3.07. The van der Waals surface area contributed by atoms with E-state index in [-0.39, 0.29) is 12.5 Å². The molecule has 3 N–H and O–H groups in total. The predicted octanol–water partition coefficient (Wildman–Crippen LogP) is 12.4. The number of hydrogen-bond acceptors (Lipinski definition) is 3. The Morgan fingerprint density at radius 1 is 0.489 bits per heavy atom. The van der Waals surface area contributed by atoms with Gasteiger partial charge in [-0.15, -0.1) is 0 Å². The quantitative estimate of drug-likeness (QED) is 0.0464. The Kier molecular flexibility index (Phi) is 37.4. The third-order valence-corrected chi connectivity index (χ3v) is 9.01. The highest BCUT2D eigenvalue weighted by molar-refractivity contribution is 5.76. The molecule has 0 aliphatic heterocycles. The number of aliphatic hydroxyl groups is 2. The zero-order chi connectivity index (χ0) is 34.3. The van der Waals surface area contributed by atoms with Crippen molar-refractivity contribution in [2.45, 2.75) is 212 Å². The van der Waals surface area contributed by atoms with Gasteiger partial charge in [0.05, 0.1) is 18.8 Å². The molecule has 2 unspecified atom stereocenters. The summed E-state index contributed by atoms with van der Waals surface area (Å²) in [6.45, 7) is 4.25. The molecule has 4 nitrogen and oxygen atoms in total. The van der Waals surface area contributed by atoms with Crippen molar-refractivity contribution >= 4 is 5.91 Å². The molecule has 0 bridgehead atoms. The molecular weight excluding hydrogens is 578 g/mol. The second-order valence-corrected chi connectivity index (χ2v) is 13.7. The van der Waals surface area contributed by atoms with Crippen LogP contribution in [0.2, 0.25) is 0 Å². The highest BCUT2D eigenvalue weighted by Crippen LogP contribution is 2.13. The number of carbonyl (C=O) groups is 1. The minimum absolute atomic E-state index is 0.0844. The molecule has 0 spiro atoms. The summed E-state index contributed by atoms with van der Waals surface area (Å²) in [7, 11) is 0. The zero-order valence-electron chi connectivity index (χ0n) is 31.3. The summed E-state index contributed by atoms with van der Waals surface area (Å²) in [5, 5.41) is 22.9. The fraction of sp³-hybridized carbons (Fsp3) is 0.791. The molecule has 0 rings (SSSR count). The molecule has 0 aromatic heterocycles. The number of hydrogen-bond donors (Lipinski definition) is 3. The Morgan fingerprint density at radius 2 is 0.830 bits per heavy atom.